The van der Waals surface area contributed by atoms with Gasteiger partial charge in [-0.1, -0.05) is 32.1 Å². The molecule has 0 N–H and O–H groups in total. The summed E-state index contributed by atoms with van der Waals surface area (Å²) in [6.07, 6.45) is 4.05. The summed E-state index contributed by atoms with van der Waals surface area (Å²) in [7, 11) is 0. The zero-order chi connectivity index (χ0) is 18.7. The van der Waals surface area contributed by atoms with Gasteiger partial charge in [0.15, 0.2) is 11.9 Å². The molecule has 0 saturated carbocycles. The quantitative estimate of drug-likeness (QED) is 0.445. The van der Waals surface area contributed by atoms with E-state index in [2.05, 4.69) is 6.58 Å². The van der Waals surface area contributed by atoms with Gasteiger partial charge in [0.05, 0.1) is 11.8 Å². The Morgan fingerprint density at radius 1 is 1.40 bits per heavy atom. The largest absolute Gasteiger partial charge is 0.454 e. The van der Waals surface area contributed by atoms with Crippen LogP contribution in [0.4, 0.5) is 0 Å². The molecule has 1 aliphatic carbocycles. The summed E-state index contributed by atoms with van der Waals surface area (Å²) in [5, 5.41) is 0. The van der Waals surface area contributed by atoms with Gasteiger partial charge in [-0.25, -0.2) is 4.79 Å². The Morgan fingerprint density at radius 3 is 2.72 bits per heavy atom. The van der Waals surface area contributed by atoms with Crippen molar-refractivity contribution in [3.05, 3.63) is 35.5 Å². The van der Waals surface area contributed by atoms with Gasteiger partial charge in [-0.2, -0.15) is 0 Å². The molecule has 4 unspecified atom stereocenters. The molecule has 1 fully saturated rings. The molecule has 1 heterocycles. The summed E-state index contributed by atoms with van der Waals surface area (Å²) in [6, 6.07) is 0. The minimum atomic E-state index is -1.09. The first-order chi connectivity index (χ1) is 11.8. The minimum absolute atomic E-state index is 0.178. The van der Waals surface area contributed by atoms with Crippen LogP contribution in [0.5, 0.6) is 0 Å². The molecule has 1 saturated heterocycles. The average Bonchev–Trinajstić information content (AvgIpc) is 2.84. The second kappa shape index (κ2) is 7.81. The van der Waals surface area contributed by atoms with Crippen LogP contribution in [-0.2, 0) is 23.9 Å². The van der Waals surface area contributed by atoms with E-state index < -0.39 is 30.1 Å². The SMILES string of the molecule is C=C1C(=O)OC2C=C(C)CCC=C(C)C(=O)C(OC(=O)C(C)CC)C12. The molecule has 0 aromatic carbocycles. The van der Waals surface area contributed by atoms with E-state index in [1.165, 1.54) is 0 Å². The van der Waals surface area contributed by atoms with Crippen molar-refractivity contribution in [1.82, 2.24) is 0 Å². The number of fused-ring (bicyclic) bond motifs is 1. The maximum absolute atomic E-state index is 12.9. The second-order valence-electron chi connectivity index (χ2n) is 6.89. The van der Waals surface area contributed by atoms with E-state index in [-0.39, 0.29) is 17.3 Å². The van der Waals surface area contributed by atoms with E-state index in [0.717, 1.165) is 12.0 Å². The molecule has 136 valence electrons. The Morgan fingerprint density at radius 2 is 2.08 bits per heavy atom. The normalized spacial score (nSPS) is 28.5. The van der Waals surface area contributed by atoms with Crippen LogP contribution in [0.1, 0.15) is 47.0 Å². The van der Waals surface area contributed by atoms with Crippen molar-refractivity contribution in [2.45, 2.75) is 59.2 Å². The van der Waals surface area contributed by atoms with E-state index in [9.17, 15) is 14.4 Å². The van der Waals surface area contributed by atoms with E-state index in [4.69, 9.17) is 9.47 Å². The molecule has 2 rings (SSSR count). The lowest BCUT2D eigenvalue weighted by atomic mass is 9.84. The predicted octanol–water partition coefficient (Wildman–Crippen LogP) is 3.30. The average molecular weight is 346 g/mol. The molecule has 0 bridgehead atoms. The number of esters is 2. The van der Waals surface area contributed by atoms with Crippen molar-refractivity contribution in [3.63, 3.8) is 0 Å². The zero-order valence-electron chi connectivity index (χ0n) is 15.3. The molecule has 0 aromatic heterocycles. The van der Waals surface area contributed by atoms with Crippen LogP contribution in [0.25, 0.3) is 0 Å². The van der Waals surface area contributed by atoms with Gasteiger partial charge in [0.2, 0.25) is 0 Å². The van der Waals surface area contributed by atoms with Crippen molar-refractivity contribution in [3.8, 4) is 0 Å². The summed E-state index contributed by atoms with van der Waals surface area (Å²) in [4.78, 5) is 37.3. The van der Waals surface area contributed by atoms with Crippen LogP contribution >= 0.6 is 0 Å². The molecule has 2 aliphatic rings. The number of ether oxygens (including phenoxy) is 2. The first-order valence-electron chi connectivity index (χ1n) is 8.74. The van der Waals surface area contributed by atoms with Crippen molar-refractivity contribution >= 4 is 17.7 Å². The fraction of sp³-hybridized carbons (Fsp3) is 0.550. The fourth-order valence-electron chi connectivity index (χ4n) is 3.00. The number of hydrogen-bond donors (Lipinski definition) is 0. The van der Waals surface area contributed by atoms with Crippen molar-refractivity contribution in [2.75, 3.05) is 0 Å². The molecule has 5 nitrogen and oxygen atoms in total. The third kappa shape index (κ3) is 4.09. The first kappa shape index (κ1) is 19.2. The van der Waals surface area contributed by atoms with Crippen molar-refractivity contribution in [1.29, 1.82) is 0 Å². The zero-order valence-corrected chi connectivity index (χ0v) is 15.3. The Kier molecular flexibility index (Phi) is 5.98. The highest BCUT2D eigenvalue weighted by molar-refractivity contribution is 6.02. The maximum Gasteiger partial charge on any atom is 0.334 e. The lowest BCUT2D eigenvalue weighted by Gasteiger charge is -2.27. The Balaban J connectivity index is 2.45. The molecule has 0 radical (unpaired) electrons. The van der Waals surface area contributed by atoms with Gasteiger partial charge in [-0.15, -0.1) is 0 Å². The molecule has 1 aliphatic heterocycles. The van der Waals surface area contributed by atoms with E-state index in [0.29, 0.717) is 18.4 Å². The second-order valence-corrected chi connectivity index (χ2v) is 6.89. The number of Topliss-reactive ketones (excluding diaryl/α,β-unsaturated/α-hetero) is 1. The highest BCUT2D eigenvalue weighted by Gasteiger charge is 2.47. The van der Waals surface area contributed by atoms with E-state index in [1.54, 1.807) is 13.8 Å². The summed E-state index contributed by atoms with van der Waals surface area (Å²) in [6.45, 7) is 11.1. The molecular formula is C20H26O5. The van der Waals surface area contributed by atoms with Gasteiger partial charge < -0.3 is 9.47 Å². The minimum Gasteiger partial charge on any atom is -0.454 e. The van der Waals surface area contributed by atoms with E-state index in [1.807, 2.05) is 26.0 Å². The summed E-state index contributed by atoms with van der Waals surface area (Å²) in [5.41, 5.74) is 1.77. The van der Waals surface area contributed by atoms with Crippen LogP contribution in [0.2, 0.25) is 0 Å². The lowest BCUT2D eigenvalue weighted by Crippen LogP contribution is -2.40. The smallest absolute Gasteiger partial charge is 0.334 e. The number of carbonyl (C=O) groups excluding carboxylic acids is 3. The van der Waals surface area contributed by atoms with Gasteiger partial charge in [0.25, 0.3) is 0 Å². The van der Waals surface area contributed by atoms with Gasteiger partial charge in [0.1, 0.15) is 6.10 Å². The summed E-state index contributed by atoms with van der Waals surface area (Å²) < 4.78 is 11.0. The Hall–Kier alpha value is -2.17. The molecule has 0 aromatic rings. The van der Waals surface area contributed by atoms with E-state index >= 15 is 0 Å². The molecule has 4 atom stereocenters. The molecule has 5 heteroatoms. The Bertz CT molecular complexity index is 655. The predicted molar refractivity (Wildman–Crippen MR) is 93.6 cm³/mol. The van der Waals surface area contributed by atoms with Gasteiger partial charge in [-0.3, -0.25) is 9.59 Å². The van der Waals surface area contributed by atoms with Crippen molar-refractivity contribution < 1.29 is 23.9 Å². The van der Waals surface area contributed by atoms with Gasteiger partial charge >= 0.3 is 11.9 Å². The highest BCUT2D eigenvalue weighted by Crippen LogP contribution is 2.35. The fourth-order valence-corrected chi connectivity index (χ4v) is 3.00. The third-order valence-corrected chi connectivity index (χ3v) is 4.93. The van der Waals surface area contributed by atoms with Crippen LogP contribution in [0.3, 0.4) is 0 Å². The lowest BCUT2D eigenvalue weighted by molar-refractivity contribution is -0.161. The summed E-state index contributed by atoms with van der Waals surface area (Å²) in [5.74, 6) is -2.30. The standard InChI is InChI=1S/C20H26O5/c1-6-12(3)19(22)25-18-16-14(5)20(23)24-15(16)10-11(2)8-7-9-13(4)17(18)21/h9-10,12,15-16,18H,5-8H2,1-4H3. The molecule has 25 heavy (non-hydrogen) atoms. The van der Waals surface area contributed by atoms with Crippen molar-refractivity contribution in [2.24, 2.45) is 11.8 Å². The number of hydrogen-bond acceptors (Lipinski definition) is 5. The molecule has 0 amide bonds. The van der Waals surface area contributed by atoms with Gasteiger partial charge in [0, 0.05) is 5.57 Å². The number of rotatable bonds is 3. The molecular weight excluding hydrogens is 320 g/mol. The first-order valence-corrected chi connectivity index (χ1v) is 8.74. The van der Waals surface area contributed by atoms with Gasteiger partial charge in [-0.05, 0) is 44.8 Å². The van der Waals surface area contributed by atoms with Crippen LogP contribution in [-0.4, -0.2) is 29.9 Å². The number of ketones is 1. The topological polar surface area (TPSA) is 69.7 Å². The maximum atomic E-state index is 12.9. The third-order valence-electron chi connectivity index (χ3n) is 4.93. The monoisotopic (exact) mass is 346 g/mol. The number of allylic oxidation sites excluding steroid dienone is 2. The van der Waals surface area contributed by atoms with Crippen LogP contribution < -0.4 is 0 Å². The van der Waals surface area contributed by atoms with Crippen LogP contribution in [0.15, 0.2) is 35.5 Å². The summed E-state index contributed by atoms with van der Waals surface area (Å²) >= 11 is 0. The van der Waals surface area contributed by atoms with Crippen LogP contribution in [0, 0.1) is 11.8 Å². The number of carbonyl (C=O) groups is 3. The highest BCUT2D eigenvalue weighted by atomic mass is 16.6. The Labute approximate surface area is 148 Å². The molecule has 0 spiro atoms.